The van der Waals surface area contributed by atoms with E-state index in [2.05, 4.69) is 11.1 Å². The summed E-state index contributed by atoms with van der Waals surface area (Å²) >= 11 is 0. The first-order valence-electron chi connectivity index (χ1n) is 5.60. The second kappa shape index (κ2) is 6.45. The largest absolute Gasteiger partial charge is 0.462 e. The quantitative estimate of drug-likeness (QED) is 0.787. The van der Waals surface area contributed by atoms with Crippen molar-refractivity contribution in [2.45, 2.75) is 13.3 Å². The van der Waals surface area contributed by atoms with Crippen LogP contribution in [0, 0.1) is 11.3 Å². The highest BCUT2D eigenvalue weighted by Gasteiger charge is 2.13. The summed E-state index contributed by atoms with van der Waals surface area (Å²) in [5, 5.41) is 8.53. The maximum atomic E-state index is 11.7. The van der Waals surface area contributed by atoms with E-state index in [0.29, 0.717) is 31.0 Å². The Morgan fingerprint density at radius 1 is 1.67 bits per heavy atom. The Morgan fingerprint density at radius 2 is 2.39 bits per heavy atom. The number of pyridine rings is 1. The fraction of sp³-hybridized carbons (Fsp3) is 0.417. The van der Waals surface area contributed by atoms with E-state index in [4.69, 9.17) is 15.7 Å². The number of nitrogens with zero attached hydrogens (tertiary/aromatic N) is 3. The van der Waals surface area contributed by atoms with Crippen LogP contribution in [0.15, 0.2) is 12.3 Å². The monoisotopic (exact) mass is 248 g/mol. The van der Waals surface area contributed by atoms with Gasteiger partial charge in [-0.05, 0) is 13.0 Å². The lowest BCUT2D eigenvalue weighted by atomic mass is 10.2. The number of nitrogen functional groups attached to an aromatic ring is 1. The minimum Gasteiger partial charge on any atom is -0.462 e. The molecule has 0 radical (unpaired) electrons. The molecule has 0 fully saturated rings. The van der Waals surface area contributed by atoms with Gasteiger partial charge in [-0.3, -0.25) is 0 Å². The number of anilines is 2. The van der Waals surface area contributed by atoms with Crippen molar-refractivity contribution in [2.75, 3.05) is 30.8 Å². The summed E-state index contributed by atoms with van der Waals surface area (Å²) in [7, 11) is 1.80. The van der Waals surface area contributed by atoms with Crippen LogP contribution < -0.4 is 10.6 Å². The summed E-state index contributed by atoms with van der Waals surface area (Å²) in [4.78, 5) is 17.6. The molecule has 0 aliphatic heterocycles. The minimum absolute atomic E-state index is 0.283. The Hall–Kier alpha value is -2.29. The molecule has 0 amide bonds. The molecule has 0 saturated carbocycles. The molecule has 0 unspecified atom stereocenters. The van der Waals surface area contributed by atoms with Crippen LogP contribution in [0.25, 0.3) is 0 Å². The van der Waals surface area contributed by atoms with Crippen molar-refractivity contribution in [3.63, 3.8) is 0 Å². The molecule has 0 saturated heterocycles. The molecule has 18 heavy (non-hydrogen) atoms. The van der Waals surface area contributed by atoms with Crippen LogP contribution in [0.1, 0.15) is 23.7 Å². The van der Waals surface area contributed by atoms with E-state index in [1.807, 2.05) is 0 Å². The topological polar surface area (TPSA) is 92.2 Å². The summed E-state index contributed by atoms with van der Waals surface area (Å²) in [6.07, 6.45) is 1.81. The van der Waals surface area contributed by atoms with Crippen LogP contribution in [-0.4, -0.2) is 31.2 Å². The van der Waals surface area contributed by atoms with E-state index in [-0.39, 0.29) is 5.69 Å². The second-order valence-electron chi connectivity index (χ2n) is 3.68. The predicted molar refractivity (Wildman–Crippen MR) is 68.1 cm³/mol. The maximum absolute atomic E-state index is 11.7. The summed E-state index contributed by atoms with van der Waals surface area (Å²) in [5.41, 5.74) is 6.27. The molecule has 6 heteroatoms. The van der Waals surface area contributed by atoms with Gasteiger partial charge in [0, 0.05) is 13.6 Å². The highest BCUT2D eigenvalue weighted by Crippen LogP contribution is 2.18. The van der Waals surface area contributed by atoms with Crippen LogP contribution in [0.5, 0.6) is 0 Å². The van der Waals surface area contributed by atoms with Crippen molar-refractivity contribution < 1.29 is 9.53 Å². The average molecular weight is 248 g/mol. The Bertz CT molecular complexity index is 468. The molecular weight excluding hydrogens is 232 g/mol. The zero-order valence-corrected chi connectivity index (χ0v) is 10.5. The van der Waals surface area contributed by atoms with Gasteiger partial charge in [0.1, 0.15) is 5.82 Å². The lowest BCUT2D eigenvalue weighted by Gasteiger charge is -2.17. The highest BCUT2D eigenvalue weighted by atomic mass is 16.5. The van der Waals surface area contributed by atoms with Crippen LogP contribution in [0.4, 0.5) is 11.5 Å². The number of nitrogens with two attached hydrogens (primary N) is 1. The average Bonchev–Trinajstić information content (AvgIpc) is 2.36. The van der Waals surface area contributed by atoms with Crippen LogP contribution in [-0.2, 0) is 4.74 Å². The van der Waals surface area contributed by atoms with Gasteiger partial charge in [0.25, 0.3) is 0 Å². The Labute approximate surface area is 106 Å². The third-order valence-electron chi connectivity index (χ3n) is 2.37. The van der Waals surface area contributed by atoms with Gasteiger partial charge in [-0.15, -0.1) is 0 Å². The number of nitriles is 1. The molecule has 6 nitrogen and oxygen atoms in total. The Balaban J connectivity index is 2.93. The van der Waals surface area contributed by atoms with Gasteiger partial charge in [-0.2, -0.15) is 5.26 Å². The van der Waals surface area contributed by atoms with Crippen LogP contribution in [0.3, 0.4) is 0 Å². The molecule has 1 aromatic heterocycles. The lowest BCUT2D eigenvalue weighted by molar-refractivity contribution is 0.0527. The number of rotatable bonds is 5. The SMILES string of the molecule is CCOC(=O)c1cc(N(C)CCC#N)ncc1N. The minimum atomic E-state index is -0.465. The van der Waals surface area contributed by atoms with Crippen molar-refractivity contribution in [3.8, 4) is 6.07 Å². The first-order chi connectivity index (χ1) is 8.60. The predicted octanol–water partition coefficient (Wildman–Crippen LogP) is 1.19. The molecule has 1 aromatic rings. The summed E-state index contributed by atoms with van der Waals surface area (Å²) < 4.78 is 4.91. The molecule has 0 atom stereocenters. The number of hydrogen-bond acceptors (Lipinski definition) is 6. The molecule has 1 heterocycles. The highest BCUT2D eigenvalue weighted by molar-refractivity contribution is 5.95. The third kappa shape index (κ3) is 3.35. The number of aromatic nitrogens is 1. The Kier molecular flexibility index (Phi) is 4.93. The molecule has 96 valence electrons. The maximum Gasteiger partial charge on any atom is 0.340 e. The third-order valence-corrected chi connectivity index (χ3v) is 2.37. The zero-order valence-electron chi connectivity index (χ0n) is 10.5. The molecule has 0 spiro atoms. The smallest absolute Gasteiger partial charge is 0.340 e. The standard InChI is InChI=1S/C12H16N4O2/c1-3-18-12(17)9-7-11(15-8-10(9)14)16(2)6-4-5-13/h7-8H,3-4,6,14H2,1-2H3. The number of carbonyl (C=O) groups excluding carboxylic acids is 1. The van der Waals surface area contributed by atoms with E-state index < -0.39 is 5.97 Å². The van der Waals surface area contributed by atoms with Gasteiger partial charge >= 0.3 is 5.97 Å². The molecule has 0 aliphatic rings. The van der Waals surface area contributed by atoms with Crippen LogP contribution in [0.2, 0.25) is 0 Å². The summed E-state index contributed by atoms with van der Waals surface area (Å²) in [6, 6.07) is 3.63. The molecule has 0 bridgehead atoms. The van der Waals surface area contributed by atoms with E-state index in [0.717, 1.165) is 0 Å². The Morgan fingerprint density at radius 3 is 3.00 bits per heavy atom. The first kappa shape index (κ1) is 13.8. The van der Waals surface area contributed by atoms with Gasteiger partial charge in [0.2, 0.25) is 0 Å². The molecule has 2 N–H and O–H groups in total. The van der Waals surface area contributed by atoms with Crippen molar-refractivity contribution in [3.05, 3.63) is 17.8 Å². The zero-order chi connectivity index (χ0) is 13.5. The van der Waals surface area contributed by atoms with E-state index in [1.54, 1.807) is 24.9 Å². The molecule has 0 aliphatic carbocycles. The summed E-state index contributed by atoms with van der Waals surface area (Å²) in [5.74, 6) is 0.120. The fourth-order valence-corrected chi connectivity index (χ4v) is 1.38. The fourth-order valence-electron chi connectivity index (χ4n) is 1.38. The molecule has 1 rings (SSSR count). The van der Waals surface area contributed by atoms with Gasteiger partial charge in [-0.1, -0.05) is 0 Å². The van der Waals surface area contributed by atoms with Crippen molar-refractivity contribution in [1.29, 1.82) is 5.26 Å². The van der Waals surface area contributed by atoms with Crippen LogP contribution >= 0.6 is 0 Å². The van der Waals surface area contributed by atoms with Crippen molar-refractivity contribution in [1.82, 2.24) is 4.98 Å². The summed E-state index contributed by atoms with van der Waals surface area (Å²) in [6.45, 7) is 2.56. The van der Waals surface area contributed by atoms with E-state index in [1.165, 1.54) is 6.20 Å². The number of hydrogen-bond donors (Lipinski definition) is 1. The molecule has 0 aromatic carbocycles. The lowest BCUT2D eigenvalue weighted by Crippen LogP contribution is -2.20. The number of ether oxygens (including phenoxy) is 1. The normalized spacial score (nSPS) is 9.61. The first-order valence-corrected chi connectivity index (χ1v) is 5.60. The van der Waals surface area contributed by atoms with Gasteiger partial charge in [0.15, 0.2) is 0 Å². The van der Waals surface area contributed by atoms with Gasteiger partial charge < -0.3 is 15.4 Å². The van der Waals surface area contributed by atoms with Crippen molar-refractivity contribution in [2.24, 2.45) is 0 Å². The van der Waals surface area contributed by atoms with E-state index in [9.17, 15) is 4.79 Å². The van der Waals surface area contributed by atoms with E-state index >= 15 is 0 Å². The van der Waals surface area contributed by atoms with Crippen molar-refractivity contribution >= 4 is 17.5 Å². The second-order valence-corrected chi connectivity index (χ2v) is 3.68. The number of esters is 1. The van der Waals surface area contributed by atoms with Gasteiger partial charge in [0.05, 0.1) is 36.5 Å². The number of carbonyl (C=O) groups is 1. The van der Waals surface area contributed by atoms with Gasteiger partial charge in [-0.25, -0.2) is 9.78 Å². The molecular formula is C12H16N4O2.